The largest absolute Gasteiger partial charge is 0.368 e. The van der Waals surface area contributed by atoms with E-state index in [-0.39, 0.29) is 12.0 Å². The van der Waals surface area contributed by atoms with Crippen molar-refractivity contribution in [2.45, 2.75) is 32.4 Å². The molecule has 0 aromatic carbocycles. The van der Waals surface area contributed by atoms with Crippen molar-refractivity contribution in [3.05, 3.63) is 36.0 Å². The van der Waals surface area contributed by atoms with Gasteiger partial charge in [0, 0.05) is 44.0 Å². The number of hydrogen-bond acceptors (Lipinski definition) is 4. The normalized spacial score (nSPS) is 21.4. The van der Waals surface area contributed by atoms with Crippen LogP contribution in [0.4, 0.5) is 5.82 Å². The molecule has 1 fully saturated rings. The van der Waals surface area contributed by atoms with Crippen LogP contribution in [0, 0.1) is 6.92 Å². The van der Waals surface area contributed by atoms with Crippen LogP contribution < -0.4 is 4.90 Å². The van der Waals surface area contributed by atoms with E-state index in [9.17, 15) is 4.79 Å². The molecular formula is C17H23N3O2. The third-order valence-electron chi connectivity index (χ3n) is 4.26. The van der Waals surface area contributed by atoms with Gasteiger partial charge in [-0.05, 0) is 25.8 Å². The fourth-order valence-electron chi connectivity index (χ4n) is 3.10. The molecule has 5 nitrogen and oxygen atoms in total. The number of hydrogen-bond donors (Lipinski definition) is 0. The second-order valence-electron chi connectivity index (χ2n) is 5.93. The highest BCUT2D eigenvalue weighted by Crippen LogP contribution is 2.25. The van der Waals surface area contributed by atoms with Gasteiger partial charge in [-0.2, -0.15) is 0 Å². The lowest BCUT2D eigenvalue weighted by atomic mass is 10.2. The minimum absolute atomic E-state index is 0.115. The second kappa shape index (κ2) is 6.48. The maximum absolute atomic E-state index is 12.6. The van der Waals surface area contributed by atoms with Crippen LogP contribution in [0.5, 0.6) is 0 Å². The first-order valence-electron chi connectivity index (χ1n) is 7.92. The number of fused-ring (bicyclic) bond motifs is 1. The van der Waals surface area contributed by atoms with Crippen LogP contribution in [0.25, 0.3) is 0 Å². The van der Waals surface area contributed by atoms with Gasteiger partial charge in [-0.1, -0.05) is 12.1 Å². The van der Waals surface area contributed by atoms with Crippen molar-refractivity contribution in [1.29, 1.82) is 0 Å². The van der Waals surface area contributed by atoms with E-state index in [0.717, 1.165) is 43.0 Å². The van der Waals surface area contributed by atoms with Crippen molar-refractivity contribution in [2.75, 3.05) is 31.1 Å². The Kier molecular flexibility index (Phi) is 4.43. The molecule has 0 saturated carbocycles. The molecule has 1 atom stereocenters. The van der Waals surface area contributed by atoms with Crippen molar-refractivity contribution in [3.63, 3.8) is 0 Å². The number of pyridine rings is 1. The van der Waals surface area contributed by atoms with E-state index in [1.54, 1.807) is 0 Å². The lowest BCUT2D eigenvalue weighted by Crippen LogP contribution is -2.41. The molecule has 5 heteroatoms. The number of anilines is 1. The lowest BCUT2D eigenvalue weighted by molar-refractivity contribution is -0.141. The molecular weight excluding hydrogens is 278 g/mol. The maximum Gasteiger partial charge on any atom is 0.252 e. The molecule has 0 N–H and O–H groups in total. The number of aromatic nitrogens is 1. The fraction of sp³-hybridized carbons (Fsp3) is 0.529. The first kappa shape index (κ1) is 15.0. The zero-order chi connectivity index (χ0) is 15.5. The van der Waals surface area contributed by atoms with Gasteiger partial charge >= 0.3 is 0 Å². The zero-order valence-corrected chi connectivity index (χ0v) is 13.1. The van der Waals surface area contributed by atoms with E-state index in [4.69, 9.17) is 4.74 Å². The smallest absolute Gasteiger partial charge is 0.252 e. The molecule has 2 aliphatic rings. The summed E-state index contributed by atoms with van der Waals surface area (Å²) >= 11 is 0. The monoisotopic (exact) mass is 301 g/mol. The average Bonchev–Trinajstić information content (AvgIpc) is 2.99. The van der Waals surface area contributed by atoms with E-state index in [0.29, 0.717) is 19.7 Å². The lowest BCUT2D eigenvalue weighted by Gasteiger charge is -2.24. The van der Waals surface area contributed by atoms with Crippen molar-refractivity contribution in [3.8, 4) is 0 Å². The Balaban J connectivity index is 1.85. The highest BCUT2D eigenvalue weighted by atomic mass is 16.5. The molecule has 22 heavy (non-hydrogen) atoms. The number of ether oxygens (including phenoxy) is 1. The molecule has 0 bridgehead atoms. The maximum atomic E-state index is 12.6. The van der Waals surface area contributed by atoms with Crippen molar-refractivity contribution < 1.29 is 9.53 Å². The highest BCUT2D eigenvalue weighted by Gasteiger charge is 2.30. The summed E-state index contributed by atoms with van der Waals surface area (Å²) in [5, 5.41) is 0. The number of amides is 1. The summed E-state index contributed by atoms with van der Waals surface area (Å²) in [5.41, 5.74) is 2.09. The minimum Gasteiger partial charge on any atom is -0.368 e. The summed E-state index contributed by atoms with van der Waals surface area (Å²) in [6, 6.07) is 4.08. The summed E-state index contributed by atoms with van der Waals surface area (Å²) in [6.07, 6.45) is 3.44. The van der Waals surface area contributed by atoms with Gasteiger partial charge in [0.25, 0.3) is 5.91 Å². The highest BCUT2D eigenvalue weighted by molar-refractivity contribution is 5.81. The summed E-state index contributed by atoms with van der Waals surface area (Å²) in [6.45, 7) is 9.33. The van der Waals surface area contributed by atoms with Gasteiger partial charge in [-0.25, -0.2) is 4.98 Å². The van der Waals surface area contributed by atoms with Gasteiger partial charge < -0.3 is 14.5 Å². The molecule has 0 radical (unpaired) electrons. The van der Waals surface area contributed by atoms with Gasteiger partial charge in [0.2, 0.25) is 0 Å². The molecule has 1 amide bonds. The Hall–Kier alpha value is -1.88. The Bertz CT molecular complexity index is 567. The molecule has 1 aromatic heterocycles. The first-order chi connectivity index (χ1) is 10.7. The topological polar surface area (TPSA) is 45.7 Å². The van der Waals surface area contributed by atoms with E-state index in [2.05, 4.69) is 22.5 Å². The van der Waals surface area contributed by atoms with Crippen LogP contribution in [-0.2, 0) is 16.1 Å². The van der Waals surface area contributed by atoms with E-state index < -0.39 is 0 Å². The molecule has 0 unspecified atom stereocenters. The Morgan fingerprint density at radius 2 is 2.36 bits per heavy atom. The van der Waals surface area contributed by atoms with E-state index in [1.165, 1.54) is 0 Å². The Morgan fingerprint density at radius 3 is 3.09 bits per heavy atom. The number of carbonyl (C=O) groups excluding carboxylic acids is 1. The molecule has 3 rings (SSSR count). The van der Waals surface area contributed by atoms with Crippen LogP contribution in [-0.4, -0.2) is 48.1 Å². The number of aryl methyl sites for hydroxylation is 1. The van der Waals surface area contributed by atoms with Gasteiger partial charge in [0.1, 0.15) is 11.9 Å². The van der Waals surface area contributed by atoms with Gasteiger partial charge in [-0.3, -0.25) is 4.79 Å². The molecule has 0 spiro atoms. The minimum atomic E-state index is -0.257. The third-order valence-corrected chi connectivity index (χ3v) is 4.26. The van der Waals surface area contributed by atoms with Crippen molar-refractivity contribution >= 4 is 11.7 Å². The number of carbonyl (C=O) groups is 1. The van der Waals surface area contributed by atoms with Crippen LogP contribution in [0.3, 0.4) is 0 Å². The fourth-order valence-corrected chi connectivity index (χ4v) is 3.10. The third kappa shape index (κ3) is 2.99. The van der Waals surface area contributed by atoms with Crippen LogP contribution in [0.2, 0.25) is 0 Å². The molecule has 1 saturated heterocycles. The van der Waals surface area contributed by atoms with Gasteiger partial charge in [0.05, 0.1) is 0 Å². The molecule has 1 aromatic rings. The van der Waals surface area contributed by atoms with Crippen LogP contribution >= 0.6 is 0 Å². The summed E-state index contributed by atoms with van der Waals surface area (Å²) < 4.78 is 5.55. The quantitative estimate of drug-likeness (QED) is 0.800. The summed E-state index contributed by atoms with van der Waals surface area (Å²) in [7, 11) is 0. The van der Waals surface area contributed by atoms with Gasteiger partial charge in [-0.15, -0.1) is 6.58 Å². The standard InChI is InChI=1S/C17H23N3O2/c1-3-8-19-9-10-20(17(21)15-5-4-11-22-15)12-14-7-6-13(2)18-16(14)19/h3,6-7,15H,1,4-5,8-12H2,2H3/t15-/m1/s1. The summed E-state index contributed by atoms with van der Waals surface area (Å²) in [5.74, 6) is 1.09. The SMILES string of the molecule is C=CCN1CCN(C(=O)[C@H]2CCCO2)Cc2ccc(C)nc21. The molecule has 2 aliphatic heterocycles. The number of nitrogens with zero attached hydrogens (tertiary/aromatic N) is 3. The number of rotatable bonds is 3. The predicted molar refractivity (Wildman–Crippen MR) is 85.8 cm³/mol. The Morgan fingerprint density at radius 1 is 1.50 bits per heavy atom. The van der Waals surface area contributed by atoms with Gasteiger partial charge in [0.15, 0.2) is 0 Å². The van der Waals surface area contributed by atoms with Crippen LogP contribution in [0.15, 0.2) is 24.8 Å². The van der Waals surface area contributed by atoms with Crippen LogP contribution in [0.1, 0.15) is 24.1 Å². The molecule has 3 heterocycles. The second-order valence-corrected chi connectivity index (χ2v) is 5.93. The van der Waals surface area contributed by atoms with Crippen molar-refractivity contribution in [2.24, 2.45) is 0 Å². The van der Waals surface area contributed by atoms with E-state index in [1.807, 2.05) is 24.0 Å². The Labute approximate surface area is 131 Å². The summed E-state index contributed by atoms with van der Waals surface area (Å²) in [4.78, 5) is 21.4. The van der Waals surface area contributed by atoms with Crippen molar-refractivity contribution in [1.82, 2.24) is 9.88 Å². The van der Waals surface area contributed by atoms with E-state index >= 15 is 0 Å². The first-order valence-corrected chi connectivity index (χ1v) is 7.92. The zero-order valence-electron chi connectivity index (χ0n) is 13.1. The molecule has 118 valence electrons. The predicted octanol–water partition coefficient (Wildman–Crippen LogP) is 1.90. The average molecular weight is 301 g/mol. The molecule has 0 aliphatic carbocycles.